The van der Waals surface area contributed by atoms with Crippen molar-refractivity contribution in [2.24, 2.45) is 5.41 Å². The molecule has 2 aromatic rings. The van der Waals surface area contributed by atoms with Crippen molar-refractivity contribution in [1.82, 2.24) is 20.1 Å². The number of amides is 2. The number of quaternary nitrogens is 1. The van der Waals surface area contributed by atoms with Crippen molar-refractivity contribution in [3.05, 3.63) is 29.2 Å². The van der Waals surface area contributed by atoms with Crippen molar-refractivity contribution in [3.63, 3.8) is 0 Å². The number of ether oxygens (including phenoxy) is 1. The molecule has 0 atom stereocenters. The number of methoxy groups -OCH3 is 1. The zero-order valence-electron chi connectivity index (χ0n) is 21.0. The number of hydrogen-bond donors (Lipinski definition) is 2. The molecule has 8 nitrogen and oxygen atoms in total. The van der Waals surface area contributed by atoms with Gasteiger partial charge < -0.3 is 14.5 Å². The van der Waals surface area contributed by atoms with Crippen molar-refractivity contribution in [2.45, 2.75) is 64.6 Å². The van der Waals surface area contributed by atoms with E-state index in [1.165, 1.54) is 5.69 Å². The predicted molar refractivity (Wildman–Crippen MR) is 135 cm³/mol. The molecule has 1 saturated carbocycles. The standard InChI is InChI=1S/C25H37ClN6O2/c1-25(2)13-22-20(14-28-31(22)16-25)19-12-23(27-15-21(19)26)30-24(33)29-17-6-8-18(9-7-17)32(3,4)10-11-34-5/h12,14-15,17-18H,6-11,13,16H2,1-5H3,(H-,27,29,30,33)/p+1. The molecule has 1 aliphatic heterocycles. The van der Waals surface area contributed by atoms with Gasteiger partial charge in [0.15, 0.2) is 0 Å². The number of likely N-dealkylation sites (N-methyl/N-ethyl adjacent to an activating group) is 1. The monoisotopic (exact) mass is 489 g/mol. The Hall–Kier alpha value is -2.16. The SMILES string of the molecule is COCC[N+](C)(C)C1CCC(NC(=O)Nc2cc(-c3cnn4c3CC(C)(C)C4)c(Cl)cn2)CC1. The minimum Gasteiger partial charge on any atom is -0.379 e. The molecular weight excluding hydrogens is 452 g/mol. The van der Waals surface area contributed by atoms with Crippen LogP contribution in [0, 0.1) is 5.41 Å². The maximum atomic E-state index is 12.7. The molecule has 186 valence electrons. The summed E-state index contributed by atoms with van der Waals surface area (Å²) in [4.78, 5) is 17.1. The number of fused-ring (bicyclic) bond motifs is 1. The third kappa shape index (κ3) is 5.56. The maximum Gasteiger partial charge on any atom is 0.320 e. The molecule has 9 heteroatoms. The van der Waals surface area contributed by atoms with E-state index in [-0.39, 0.29) is 17.5 Å². The second-order valence-corrected chi connectivity index (χ2v) is 11.6. The minimum atomic E-state index is -0.223. The number of aromatic nitrogens is 3. The molecule has 2 aromatic heterocycles. The van der Waals surface area contributed by atoms with Gasteiger partial charge in [0.25, 0.3) is 0 Å². The lowest BCUT2D eigenvalue weighted by atomic mass is 9.89. The van der Waals surface area contributed by atoms with E-state index in [0.29, 0.717) is 16.9 Å². The van der Waals surface area contributed by atoms with Crippen LogP contribution in [0.1, 0.15) is 45.2 Å². The van der Waals surface area contributed by atoms with Gasteiger partial charge >= 0.3 is 6.03 Å². The fourth-order valence-electron chi connectivity index (χ4n) is 5.35. The van der Waals surface area contributed by atoms with Crippen LogP contribution in [0.5, 0.6) is 0 Å². The average molecular weight is 490 g/mol. The zero-order chi connectivity index (χ0) is 24.5. The Balaban J connectivity index is 1.35. The fourth-order valence-corrected chi connectivity index (χ4v) is 5.56. The second kappa shape index (κ2) is 9.84. The predicted octanol–water partition coefficient (Wildman–Crippen LogP) is 4.34. The number of carbonyl (C=O) groups is 1. The van der Waals surface area contributed by atoms with Gasteiger partial charge in [0.05, 0.1) is 38.0 Å². The number of urea groups is 1. The molecule has 1 fully saturated rings. The van der Waals surface area contributed by atoms with Crippen LogP contribution in [0.4, 0.5) is 10.6 Å². The molecule has 0 aromatic carbocycles. The van der Waals surface area contributed by atoms with Crippen molar-refractivity contribution in [2.75, 3.05) is 39.7 Å². The Bertz CT molecular complexity index is 1030. The minimum absolute atomic E-state index is 0.173. The van der Waals surface area contributed by atoms with Crippen molar-refractivity contribution >= 4 is 23.4 Å². The molecule has 0 spiro atoms. The van der Waals surface area contributed by atoms with Crippen molar-refractivity contribution in [1.29, 1.82) is 0 Å². The van der Waals surface area contributed by atoms with E-state index in [2.05, 4.69) is 53.3 Å². The molecule has 34 heavy (non-hydrogen) atoms. The smallest absolute Gasteiger partial charge is 0.320 e. The zero-order valence-corrected chi connectivity index (χ0v) is 21.8. The fraction of sp³-hybridized carbons (Fsp3) is 0.640. The summed E-state index contributed by atoms with van der Waals surface area (Å²) in [6, 6.07) is 2.39. The number of anilines is 1. The van der Waals surface area contributed by atoms with Crippen molar-refractivity contribution in [3.8, 4) is 11.1 Å². The van der Waals surface area contributed by atoms with Crippen LogP contribution in [0.25, 0.3) is 11.1 Å². The molecule has 4 rings (SSSR count). The number of nitrogens with zero attached hydrogens (tertiary/aromatic N) is 4. The van der Waals surface area contributed by atoms with Gasteiger partial charge in [0.2, 0.25) is 0 Å². The van der Waals surface area contributed by atoms with Crippen LogP contribution < -0.4 is 10.6 Å². The lowest BCUT2D eigenvalue weighted by molar-refractivity contribution is -0.916. The Morgan fingerprint density at radius 2 is 1.97 bits per heavy atom. The van der Waals surface area contributed by atoms with Crippen LogP contribution in [0.2, 0.25) is 5.02 Å². The summed E-state index contributed by atoms with van der Waals surface area (Å²) in [5.41, 5.74) is 3.21. The number of rotatable bonds is 7. The molecule has 2 N–H and O–H groups in total. The molecule has 0 unspecified atom stereocenters. The highest BCUT2D eigenvalue weighted by atomic mass is 35.5. The summed E-state index contributed by atoms with van der Waals surface area (Å²) in [6.07, 6.45) is 8.54. The first-order valence-electron chi connectivity index (χ1n) is 12.2. The molecule has 1 aliphatic carbocycles. The van der Waals surface area contributed by atoms with Gasteiger partial charge in [0, 0.05) is 55.6 Å². The number of carbonyl (C=O) groups excluding carboxylic acids is 1. The number of hydrogen-bond acceptors (Lipinski definition) is 4. The van der Waals surface area contributed by atoms with Gasteiger partial charge in [-0.25, -0.2) is 9.78 Å². The highest BCUT2D eigenvalue weighted by molar-refractivity contribution is 6.33. The third-order valence-corrected chi connectivity index (χ3v) is 7.75. The molecule has 0 bridgehead atoms. The van der Waals surface area contributed by atoms with Gasteiger partial charge in [-0.2, -0.15) is 5.10 Å². The third-order valence-electron chi connectivity index (χ3n) is 7.45. The first-order chi connectivity index (χ1) is 16.1. The Morgan fingerprint density at radius 1 is 1.24 bits per heavy atom. The van der Waals surface area contributed by atoms with E-state index in [1.54, 1.807) is 13.3 Å². The highest BCUT2D eigenvalue weighted by Gasteiger charge is 2.34. The van der Waals surface area contributed by atoms with E-state index in [4.69, 9.17) is 16.3 Å². The van der Waals surface area contributed by atoms with Crippen LogP contribution in [0.3, 0.4) is 0 Å². The average Bonchev–Trinajstić information content (AvgIpc) is 3.29. The van der Waals surface area contributed by atoms with Crippen LogP contribution in [0.15, 0.2) is 18.5 Å². The lowest BCUT2D eigenvalue weighted by Gasteiger charge is -2.41. The Kier molecular flexibility index (Phi) is 7.22. The van der Waals surface area contributed by atoms with E-state index in [0.717, 1.165) is 67.4 Å². The molecule has 2 amide bonds. The van der Waals surface area contributed by atoms with E-state index < -0.39 is 0 Å². The first kappa shape index (κ1) is 24.9. The summed E-state index contributed by atoms with van der Waals surface area (Å²) in [7, 11) is 6.29. The van der Waals surface area contributed by atoms with Gasteiger partial charge in [-0.1, -0.05) is 25.4 Å². The Morgan fingerprint density at radius 3 is 2.68 bits per heavy atom. The molecule has 0 saturated heterocycles. The maximum absolute atomic E-state index is 12.7. The van der Waals surface area contributed by atoms with E-state index >= 15 is 0 Å². The summed E-state index contributed by atoms with van der Waals surface area (Å²) >= 11 is 6.50. The van der Waals surface area contributed by atoms with Crippen molar-refractivity contribution < 1.29 is 14.0 Å². The molecule has 2 aliphatic rings. The topological polar surface area (TPSA) is 81.1 Å². The largest absolute Gasteiger partial charge is 0.379 e. The first-order valence-corrected chi connectivity index (χ1v) is 12.6. The van der Waals surface area contributed by atoms with Gasteiger partial charge in [0.1, 0.15) is 12.4 Å². The number of pyridine rings is 1. The quantitative estimate of drug-likeness (QED) is 0.567. The van der Waals surface area contributed by atoms with Crippen LogP contribution in [-0.2, 0) is 17.7 Å². The molecule has 3 heterocycles. The second-order valence-electron chi connectivity index (χ2n) is 11.2. The van der Waals surface area contributed by atoms with E-state index in [1.807, 2.05) is 12.3 Å². The normalized spacial score (nSPS) is 21.8. The lowest BCUT2D eigenvalue weighted by Crippen LogP contribution is -2.53. The summed E-state index contributed by atoms with van der Waals surface area (Å²) < 4.78 is 8.28. The van der Waals surface area contributed by atoms with Gasteiger partial charge in [-0.15, -0.1) is 0 Å². The number of nitrogens with one attached hydrogen (secondary N) is 2. The van der Waals surface area contributed by atoms with Gasteiger partial charge in [-0.3, -0.25) is 10.00 Å². The highest BCUT2D eigenvalue weighted by Crippen LogP contribution is 2.39. The summed E-state index contributed by atoms with van der Waals surface area (Å²) in [5.74, 6) is 0.486. The van der Waals surface area contributed by atoms with Crippen LogP contribution in [-0.4, -0.2) is 71.7 Å². The Labute approximate surface area is 207 Å². The van der Waals surface area contributed by atoms with Crippen LogP contribution >= 0.6 is 11.6 Å². The van der Waals surface area contributed by atoms with Gasteiger partial charge in [-0.05, 0) is 30.7 Å². The molecular formula is C25H38ClN6O2+. The molecule has 0 radical (unpaired) electrons. The summed E-state index contributed by atoms with van der Waals surface area (Å²) in [5, 5.41) is 11.1. The summed E-state index contributed by atoms with van der Waals surface area (Å²) in [6.45, 7) is 7.14. The number of halogens is 1. The van der Waals surface area contributed by atoms with E-state index in [9.17, 15) is 4.79 Å².